The van der Waals surface area contributed by atoms with Crippen molar-refractivity contribution >= 4 is 6.08 Å². The van der Waals surface area contributed by atoms with Crippen LogP contribution in [0, 0.1) is 0 Å². The van der Waals surface area contributed by atoms with Crippen LogP contribution in [-0.2, 0) is 6.42 Å². The Kier molecular flexibility index (Phi) is 4.89. The molecule has 1 aliphatic rings. The van der Waals surface area contributed by atoms with Crippen LogP contribution in [0.4, 0.5) is 13.2 Å². The fourth-order valence-corrected chi connectivity index (χ4v) is 2.68. The van der Waals surface area contributed by atoms with E-state index in [0.29, 0.717) is 35.5 Å². The van der Waals surface area contributed by atoms with E-state index in [9.17, 15) is 13.2 Å². The SMILES string of the molecule is CC1=CC(C(F)(F)F)=Cc2nc(-c3ccncc3OC(C)C)oc2CC1. The van der Waals surface area contributed by atoms with Crippen LogP contribution >= 0.6 is 0 Å². The van der Waals surface area contributed by atoms with Gasteiger partial charge in [0.05, 0.1) is 23.4 Å². The van der Waals surface area contributed by atoms with Crippen LogP contribution in [0.15, 0.2) is 40.1 Å². The summed E-state index contributed by atoms with van der Waals surface area (Å²) < 4.78 is 51.3. The molecule has 7 heteroatoms. The lowest BCUT2D eigenvalue weighted by molar-refractivity contribution is -0.0874. The summed E-state index contributed by atoms with van der Waals surface area (Å²) in [5.41, 5.74) is 0.671. The molecule has 26 heavy (non-hydrogen) atoms. The topological polar surface area (TPSA) is 48.2 Å². The Bertz CT molecular complexity index is 864. The van der Waals surface area contributed by atoms with Gasteiger partial charge in [-0.25, -0.2) is 4.98 Å². The zero-order valence-corrected chi connectivity index (χ0v) is 14.7. The second-order valence-corrected chi connectivity index (χ2v) is 6.45. The van der Waals surface area contributed by atoms with Crippen LogP contribution < -0.4 is 4.74 Å². The number of halogens is 3. The van der Waals surface area contributed by atoms with Crippen LogP contribution in [-0.4, -0.2) is 22.2 Å². The molecule has 0 saturated carbocycles. The third kappa shape index (κ3) is 3.98. The first-order chi connectivity index (χ1) is 12.2. The van der Waals surface area contributed by atoms with Crippen molar-refractivity contribution in [2.45, 2.75) is 45.9 Å². The number of aromatic nitrogens is 2. The minimum Gasteiger partial charge on any atom is -0.489 e. The molecule has 3 rings (SSSR count). The van der Waals surface area contributed by atoms with E-state index in [1.807, 2.05) is 13.8 Å². The summed E-state index contributed by atoms with van der Waals surface area (Å²) in [5.74, 6) is 1.14. The van der Waals surface area contributed by atoms with Gasteiger partial charge in [0, 0.05) is 12.6 Å². The Morgan fingerprint density at radius 2 is 1.96 bits per heavy atom. The van der Waals surface area contributed by atoms with Crippen molar-refractivity contribution in [3.8, 4) is 17.2 Å². The summed E-state index contributed by atoms with van der Waals surface area (Å²) in [6.45, 7) is 5.43. The Balaban J connectivity index is 2.07. The number of ether oxygens (including phenoxy) is 1. The van der Waals surface area contributed by atoms with Crippen LogP contribution in [0.3, 0.4) is 0 Å². The largest absolute Gasteiger partial charge is 0.489 e. The van der Waals surface area contributed by atoms with Gasteiger partial charge >= 0.3 is 6.18 Å². The maximum absolute atomic E-state index is 13.3. The number of alkyl halides is 3. The molecule has 2 aromatic rings. The molecule has 0 bridgehead atoms. The van der Waals surface area contributed by atoms with E-state index in [-0.39, 0.29) is 17.7 Å². The van der Waals surface area contributed by atoms with Gasteiger partial charge in [-0.1, -0.05) is 11.6 Å². The normalized spacial score (nSPS) is 15.0. The molecule has 0 unspecified atom stereocenters. The summed E-state index contributed by atoms with van der Waals surface area (Å²) in [4.78, 5) is 8.33. The summed E-state index contributed by atoms with van der Waals surface area (Å²) in [5, 5.41) is 0. The highest BCUT2D eigenvalue weighted by molar-refractivity contribution is 5.65. The van der Waals surface area contributed by atoms with Crippen molar-refractivity contribution in [1.29, 1.82) is 0 Å². The van der Waals surface area contributed by atoms with E-state index in [0.717, 1.165) is 12.2 Å². The molecular weight excluding hydrogens is 345 g/mol. The number of nitrogens with zero attached hydrogens (tertiary/aromatic N) is 2. The van der Waals surface area contributed by atoms with Crippen LogP contribution in [0.5, 0.6) is 5.75 Å². The van der Waals surface area contributed by atoms with Crippen LogP contribution in [0.25, 0.3) is 17.5 Å². The van der Waals surface area contributed by atoms with Crippen molar-refractivity contribution < 1.29 is 22.3 Å². The van der Waals surface area contributed by atoms with Crippen molar-refractivity contribution in [3.05, 3.63) is 47.1 Å². The molecular formula is C19H19F3N2O2. The van der Waals surface area contributed by atoms with Crippen molar-refractivity contribution in [3.63, 3.8) is 0 Å². The van der Waals surface area contributed by atoms with Gasteiger partial charge in [0.2, 0.25) is 5.89 Å². The molecule has 0 spiro atoms. The van der Waals surface area contributed by atoms with Crippen molar-refractivity contribution in [1.82, 2.24) is 9.97 Å². The molecule has 0 aromatic carbocycles. The maximum Gasteiger partial charge on any atom is 0.416 e. The van der Waals surface area contributed by atoms with E-state index in [1.165, 1.54) is 0 Å². The smallest absolute Gasteiger partial charge is 0.416 e. The molecule has 0 N–H and O–H groups in total. The number of fused-ring (bicyclic) bond motifs is 1. The maximum atomic E-state index is 13.3. The van der Waals surface area contributed by atoms with Gasteiger partial charge in [0.25, 0.3) is 0 Å². The molecule has 0 fully saturated rings. The average molecular weight is 364 g/mol. The summed E-state index contributed by atoms with van der Waals surface area (Å²) in [6, 6.07) is 1.68. The first-order valence-corrected chi connectivity index (χ1v) is 8.31. The van der Waals surface area contributed by atoms with Gasteiger partial charge in [0.15, 0.2) is 5.75 Å². The first kappa shape index (κ1) is 18.2. The number of allylic oxidation sites excluding steroid dienone is 3. The number of hydrogen-bond donors (Lipinski definition) is 0. The number of rotatable bonds is 3. The first-order valence-electron chi connectivity index (χ1n) is 8.31. The Hall–Kier alpha value is -2.57. The Morgan fingerprint density at radius 3 is 2.65 bits per heavy atom. The quantitative estimate of drug-likeness (QED) is 0.735. The lowest BCUT2D eigenvalue weighted by Crippen LogP contribution is -2.11. The van der Waals surface area contributed by atoms with E-state index in [2.05, 4.69) is 9.97 Å². The van der Waals surface area contributed by atoms with E-state index < -0.39 is 11.7 Å². The minimum absolute atomic E-state index is 0.0856. The molecule has 0 atom stereocenters. The predicted molar refractivity (Wildman–Crippen MR) is 91.6 cm³/mol. The second kappa shape index (κ2) is 6.97. The third-order valence-corrected chi connectivity index (χ3v) is 3.87. The monoisotopic (exact) mass is 364 g/mol. The average Bonchev–Trinajstić information content (AvgIpc) is 2.92. The highest BCUT2D eigenvalue weighted by Crippen LogP contribution is 2.35. The fourth-order valence-electron chi connectivity index (χ4n) is 2.68. The highest BCUT2D eigenvalue weighted by atomic mass is 19.4. The van der Waals surface area contributed by atoms with E-state index in [4.69, 9.17) is 9.15 Å². The van der Waals surface area contributed by atoms with Gasteiger partial charge in [-0.3, -0.25) is 4.98 Å². The second-order valence-electron chi connectivity index (χ2n) is 6.45. The van der Waals surface area contributed by atoms with Crippen molar-refractivity contribution in [2.75, 3.05) is 0 Å². The third-order valence-electron chi connectivity index (χ3n) is 3.87. The zero-order chi connectivity index (χ0) is 18.9. The lowest BCUT2D eigenvalue weighted by Gasteiger charge is -2.11. The molecule has 0 aliphatic heterocycles. The number of aryl methyl sites for hydroxylation is 1. The van der Waals surface area contributed by atoms with E-state index >= 15 is 0 Å². The number of pyridine rings is 1. The molecule has 4 nitrogen and oxygen atoms in total. The predicted octanol–water partition coefficient (Wildman–Crippen LogP) is 5.36. The molecule has 0 radical (unpaired) electrons. The van der Waals surface area contributed by atoms with Gasteiger partial charge in [0.1, 0.15) is 11.5 Å². The summed E-state index contributed by atoms with van der Waals surface area (Å²) >= 11 is 0. The summed E-state index contributed by atoms with van der Waals surface area (Å²) in [6.07, 6.45) is 1.73. The zero-order valence-electron chi connectivity index (χ0n) is 14.7. The number of hydrogen-bond acceptors (Lipinski definition) is 4. The van der Waals surface area contributed by atoms with Gasteiger partial charge in [-0.15, -0.1) is 0 Å². The Labute approximate surface area is 149 Å². The molecule has 2 heterocycles. The molecule has 2 aromatic heterocycles. The fraction of sp³-hybridized carbons (Fsp3) is 0.368. The lowest BCUT2D eigenvalue weighted by atomic mass is 10.0. The summed E-state index contributed by atoms with van der Waals surface area (Å²) in [7, 11) is 0. The van der Waals surface area contributed by atoms with E-state index in [1.54, 1.807) is 25.4 Å². The van der Waals surface area contributed by atoms with Gasteiger partial charge < -0.3 is 9.15 Å². The molecule has 0 amide bonds. The van der Waals surface area contributed by atoms with Crippen LogP contribution in [0.2, 0.25) is 0 Å². The number of oxazole rings is 1. The molecule has 0 saturated heterocycles. The van der Waals surface area contributed by atoms with Gasteiger partial charge in [-0.05, 0) is 39.3 Å². The highest BCUT2D eigenvalue weighted by Gasteiger charge is 2.33. The molecule has 138 valence electrons. The Morgan fingerprint density at radius 1 is 1.19 bits per heavy atom. The van der Waals surface area contributed by atoms with Crippen LogP contribution in [0.1, 0.15) is 38.6 Å². The molecule has 1 aliphatic carbocycles. The standard InChI is InChI=1S/C19H19F3N2O2/c1-11(2)25-17-10-23-7-6-14(17)18-24-15-9-13(19(20,21)22)8-12(3)4-5-16(15)26-18/h6-11H,4-5H2,1-3H3. The minimum atomic E-state index is -4.45. The van der Waals surface area contributed by atoms with Gasteiger partial charge in [-0.2, -0.15) is 13.2 Å². The van der Waals surface area contributed by atoms with Crippen molar-refractivity contribution in [2.24, 2.45) is 0 Å².